The molecule has 2 rings (SSSR count). The minimum Gasteiger partial charge on any atom is -0.311 e. The molecule has 0 spiro atoms. The van der Waals surface area contributed by atoms with Crippen molar-refractivity contribution in [3.8, 4) is 0 Å². The minimum atomic E-state index is -0.534. The third-order valence-electron chi connectivity index (χ3n) is 5.25. The lowest BCUT2D eigenvalue weighted by atomic mass is 9.83. The molecule has 2 fully saturated rings. The number of unbranched alkanes of at least 4 members (excludes halogenated alkanes) is 1. The van der Waals surface area contributed by atoms with Crippen molar-refractivity contribution < 1.29 is 8.87 Å². The normalized spacial score (nSPS) is 44.2. The topological polar surface area (TPSA) is 12.0 Å². The Morgan fingerprint density at radius 1 is 1.21 bits per heavy atom. The van der Waals surface area contributed by atoms with Crippen LogP contribution in [0.2, 0.25) is 0 Å². The summed E-state index contributed by atoms with van der Waals surface area (Å²) in [5.41, 5.74) is 0. The number of halogens is 1. The highest BCUT2D eigenvalue weighted by Crippen LogP contribution is 2.34. The van der Waals surface area contributed by atoms with E-state index in [1.807, 2.05) is 0 Å². The van der Waals surface area contributed by atoms with E-state index >= 15 is 0 Å². The molecule has 3 unspecified atom stereocenters. The molecule has 0 aromatic heterocycles. The Bertz CT molecular complexity index is 276. The minimum absolute atomic E-state index is 0.534. The predicted molar refractivity (Wildman–Crippen MR) is 78.6 cm³/mol. The van der Waals surface area contributed by atoms with Crippen LogP contribution in [0.5, 0.6) is 0 Å². The fourth-order valence-electron chi connectivity index (χ4n) is 4.25. The largest absolute Gasteiger partial charge is 0.311 e. The van der Waals surface area contributed by atoms with E-state index in [1.165, 1.54) is 25.9 Å². The van der Waals surface area contributed by atoms with Crippen molar-refractivity contribution in [2.45, 2.75) is 64.7 Å². The van der Waals surface area contributed by atoms with Crippen LogP contribution in [0.3, 0.4) is 0 Å². The van der Waals surface area contributed by atoms with E-state index in [1.54, 1.807) is 0 Å². The van der Waals surface area contributed by atoms with Crippen molar-refractivity contribution in [1.29, 1.82) is 0 Å². The molecule has 1 heterocycles. The smallest absolute Gasteiger partial charge is 0.145 e. The number of nitrogens with zero attached hydrogens (tertiary/aromatic N) is 1. The van der Waals surface area contributed by atoms with Crippen molar-refractivity contribution in [2.75, 3.05) is 26.7 Å². The van der Waals surface area contributed by atoms with Crippen molar-refractivity contribution >= 4 is 0 Å². The first kappa shape index (κ1) is 15.2. The summed E-state index contributed by atoms with van der Waals surface area (Å²) in [4.78, 5) is 0. The first-order valence-corrected chi connectivity index (χ1v) is 8.27. The molecular formula is C16H32FN2+. The number of hydrogen-bond donors (Lipinski definition) is 1. The van der Waals surface area contributed by atoms with Crippen molar-refractivity contribution in [3.05, 3.63) is 0 Å². The van der Waals surface area contributed by atoms with Gasteiger partial charge < -0.3 is 4.48 Å². The molecule has 19 heavy (non-hydrogen) atoms. The molecular weight excluding hydrogens is 239 g/mol. The fraction of sp³-hybridized carbons (Fsp3) is 1.00. The van der Waals surface area contributed by atoms with E-state index in [-0.39, 0.29) is 0 Å². The van der Waals surface area contributed by atoms with Crippen LogP contribution < -0.4 is 5.32 Å². The summed E-state index contributed by atoms with van der Waals surface area (Å²) in [5, 5.41) is 3.80. The van der Waals surface area contributed by atoms with Crippen LogP contribution >= 0.6 is 0 Å². The number of quaternary nitrogens is 1. The molecule has 3 atom stereocenters. The van der Waals surface area contributed by atoms with E-state index in [0.717, 1.165) is 42.6 Å². The molecule has 0 aromatic carbocycles. The van der Waals surface area contributed by atoms with Crippen molar-refractivity contribution in [3.63, 3.8) is 0 Å². The second kappa shape index (κ2) is 6.53. The van der Waals surface area contributed by atoms with Crippen LogP contribution in [0.1, 0.15) is 52.4 Å². The molecule has 0 radical (unpaired) electrons. The predicted octanol–water partition coefficient (Wildman–Crippen LogP) is 3.33. The van der Waals surface area contributed by atoms with Gasteiger partial charge in [0, 0.05) is 18.4 Å². The average molecular weight is 271 g/mol. The summed E-state index contributed by atoms with van der Waals surface area (Å²) in [7, 11) is 2.42. The highest BCUT2D eigenvalue weighted by Gasteiger charge is 2.43. The third-order valence-corrected chi connectivity index (χ3v) is 5.25. The van der Waals surface area contributed by atoms with Gasteiger partial charge in [0.05, 0.1) is 20.1 Å². The van der Waals surface area contributed by atoms with Gasteiger partial charge in [-0.2, -0.15) is 0 Å². The van der Waals surface area contributed by atoms with E-state index in [0.29, 0.717) is 12.1 Å². The second-order valence-corrected chi connectivity index (χ2v) is 7.21. The van der Waals surface area contributed by atoms with E-state index in [2.05, 4.69) is 26.2 Å². The van der Waals surface area contributed by atoms with Crippen LogP contribution in [-0.2, 0) is 0 Å². The van der Waals surface area contributed by atoms with Gasteiger partial charge in [0.2, 0.25) is 0 Å². The Balaban J connectivity index is 2.02. The lowest BCUT2D eigenvalue weighted by molar-refractivity contribution is -0.948. The highest BCUT2D eigenvalue weighted by atomic mass is 19.1. The van der Waals surface area contributed by atoms with Gasteiger partial charge in [-0.3, -0.25) is 5.32 Å². The van der Waals surface area contributed by atoms with Gasteiger partial charge in [0.25, 0.3) is 0 Å². The molecule has 1 saturated carbocycles. The SMILES string of the molecule is CCCC[N+]1(C)CC(C)CNC1C1CCC(F)CC1. The van der Waals surface area contributed by atoms with Gasteiger partial charge in [0.1, 0.15) is 12.3 Å². The summed E-state index contributed by atoms with van der Waals surface area (Å²) in [5.74, 6) is 1.44. The van der Waals surface area contributed by atoms with Gasteiger partial charge >= 0.3 is 0 Å². The van der Waals surface area contributed by atoms with E-state index in [9.17, 15) is 4.39 Å². The number of alkyl halides is 1. The molecule has 1 saturated heterocycles. The zero-order valence-electron chi connectivity index (χ0n) is 13.0. The van der Waals surface area contributed by atoms with Gasteiger partial charge in [-0.05, 0) is 32.1 Å². The Labute approximate surface area is 118 Å². The molecule has 2 nitrogen and oxygen atoms in total. The van der Waals surface area contributed by atoms with E-state index in [4.69, 9.17) is 0 Å². The summed E-state index contributed by atoms with van der Waals surface area (Å²) < 4.78 is 14.5. The first-order chi connectivity index (χ1) is 9.05. The summed E-state index contributed by atoms with van der Waals surface area (Å²) in [6, 6.07) is 0. The third kappa shape index (κ3) is 3.69. The molecule has 1 N–H and O–H groups in total. The first-order valence-electron chi connectivity index (χ1n) is 8.27. The van der Waals surface area contributed by atoms with Gasteiger partial charge in [-0.15, -0.1) is 0 Å². The number of hydrogen-bond acceptors (Lipinski definition) is 1. The molecule has 0 bridgehead atoms. The maximum atomic E-state index is 13.4. The molecule has 1 aliphatic carbocycles. The Morgan fingerprint density at radius 2 is 1.89 bits per heavy atom. The number of nitrogens with one attached hydrogen (secondary N) is 1. The van der Waals surface area contributed by atoms with Gasteiger partial charge in [0.15, 0.2) is 0 Å². The van der Waals surface area contributed by atoms with Crippen molar-refractivity contribution in [2.24, 2.45) is 11.8 Å². The Morgan fingerprint density at radius 3 is 2.53 bits per heavy atom. The standard InChI is InChI=1S/C16H32FN2/c1-4-5-10-19(3)12-13(2)11-18-16(19)14-6-8-15(17)9-7-14/h13-16,18H,4-12H2,1-3H3/q+1. The zero-order valence-corrected chi connectivity index (χ0v) is 13.0. The summed E-state index contributed by atoms with van der Waals surface area (Å²) in [6.07, 6.45) is 6.33. The average Bonchev–Trinajstić information content (AvgIpc) is 2.38. The molecule has 0 aromatic rings. The van der Waals surface area contributed by atoms with Crippen LogP contribution in [0.15, 0.2) is 0 Å². The van der Waals surface area contributed by atoms with Crippen LogP contribution in [0, 0.1) is 11.8 Å². The second-order valence-electron chi connectivity index (χ2n) is 7.21. The Kier molecular flexibility index (Phi) is 5.24. The summed E-state index contributed by atoms with van der Waals surface area (Å²) >= 11 is 0. The van der Waals surface area contributed by atoms with Crippen molar-refractivity contribution in [1.82, 2.24) is 5.32 Å². The van der Waals surface area contributed by atoms with Gasteiger partial charge in [-0.1, -0.05) is 20.3 Å². The molecule has 0 amide bonds. The van der Waals surface area contributed by atoms with Crippen LogP contribution in [0.4, 0.5) is 4.39 Å². The van der Waals surface area contributed by atoms with Crippen LogP contribution in [0.25, 0.3) is 0 Å². The zero-order chi connectivity index (χ0) is 13.9. The summed E-state index contributed by atoms with van der Waals surface area (Å²) in [6.45, 7) is 8.32. The maximum Gasteiger partial charge on any atom is 0.145 e. The molecule has 2 aliphatic rings. The van der Waals surface area contributed by atoms with E-state index < -0.39 is 6.17 Å². The Hall–Kier alpha value is -0.150. The lowest BCUT2D eigenvalue weighted by Crippen LogP contribution is -2.68. The monoisotopic (exact) mass is 271 g/mol. The van der Waals surface area contributed by atoms with Crippen LogP contribution in [-0.4, -0.2) is 43.5 Å². The fourth-order valence-corrected chi connectivity index (χ4v) is 4.25. The highest BCUT2D eigenvalue weighted by molar-refractivity contribution is 4.80. The molecule has 3 heteroatoms. The molecule has 1 aliphatic heterocycles. The quantitative estimate of drug-likeness (QED) is 0.773. The van der Waals surface area contributed by atoms with Gasteiger partial charge in [-0.25, -0.2) is 4.39 Å². The number of rotatable bonds is 4. The maximum absolute atomic E-state index is 13.4. The molecule has 112 valence electrons. The lowest BCUT2D eigenvalue weighted by Gasteiger charge is -2.51.